The SMILES string of the molecule is CCC(O)c1noc([C@@H]2CC(=NOC)CN2C(=O)c2ccc(C3=CCCC=C3)cc2)n1. The number of aromatic nitrogens is 2. The number of rotatable bonds is 6. The Morgan fingerprint density at radius 1 is 1.35 bits per heavy atom. The lowest BCUT2D eigenvalue weighted by Gasteiger charge is -2.21. The summed E-state index contributed by atoms with van der Waals surface area (Å²) in [7, 11) is 1.47. The van der Waals surface area contributed by atoms with Crippen LogP contribution in [0.2, 0.25) is 0 Å². The fourth-order valence-corrected chi connectivity index (χ4v) is 3.83. The number of likely N-dealkylation sites (tertiary alicyclic amines) is 1. The average molecular weight is 422 g/mol. The van der Waals surface area contributed by atoms with Crippen molar-refractivity contribution in [3.8, 4) is 0 Å². The molecule has 1 amide bonds. The van der Waals surface area contributed by atoms with E-state index in [1.165, 1.54) is 12.7 Å². The minimum atomic E-state index is -0.800. The van der Waals surface area contributed by atoms with Crippen molar-refractivity contribution in [3.05, 3.63) is 65.3 Å². The zero-order chi connectivity index (χ0) is 21.8. The van der Waals surface area contributed by atoms with Gasteiger partial charge in [-0.2, -0.15) is 4.98 Å². The second kappa shape index (κ2) is 9.26. The van der Waals surface area contributed by atoms with Gasteiger partial charge in [0.1, 0.15) is 19.3 Å². The summed E-state index contributed by atoms with van der Waals surface area (Å²) < 4.78 is 5.39. The van der Waals surface area contributed by atoms with E-state index in [0.717, 1.165) is 18.4 Å². The average Bonchev–Trinajstić information content (AvgIpc) is 3.46. The van der Waals surface area contributed by atoms with E-state index in [2.05, 4.69) is 33.5 Å². The largest absolute Gasteiger partial charge is 0.399 e. The highest BCUT2D eigenvalue weighted by Gasteiger charge is 2.38. The first-order chi connectivity index (χ1) is 15.1. The molecular formula is C23H26N4O4. The summed E-state index contributed by atoms with van der Waals surface area (Å²) in [6.45, 7) is 2.14. The summed E-state index contributed by atoms with van der Waals surface area (Å²) in [5.74, 6) is 0.355. The lowest BCUT2D eigenvalue weighted by Crippen LogP contribution is -2.31. The summed E-state index contributed by atoms with van der Waals surface area (Å²) in [5.41, 5.74) is 3.54. The van der Waals surface area contributed by atoms with E-state index in [-0.39, 0.29) is 17.6 Å². The fourth-order valence-electron chi connectivity index (χ4n) is 3.83. The summed E-state index contributed by atoms with van der Waals surface area (Å²) in [4.78, 5) is 24.2. The Morgan fingerprint density at radius 3 is 2.84 bits per heavy atom. The molecule has 1 aliphatic heterocycles. The number of benzene rings is 1. The second-order valence-corrected chi connectivity index (χ2v) is 7.62. The van der Waals surface area contributed by atoms with Crippen molar-refractivity contribution in [1.82, 2.24) is 15.0 Å². The van der Waals surface area contributed by atoms with Gasteiger partial charge >= 0.3 is 0 Å². The van der Waals surface area contributed by atoms with Crippen LogP contribution in [0.4, 0.5) is 0 Å². The molecule has 4 rings (SSSR count). The number of allylic oxidation sites excluding steroid dienone is 4. The maximum atomic E-state index is 13.3. The van der Waals surface area contributed by atoms with Crippen molar-refractivity contribution in [2.45, 2.75) is 44.8 Å². The molecule has 0 spiro atoms. The Labute approximate surface area is 180 Å². The second-order valence-electron chi connectivity index (χ2n) is 7.62. The molecule has 2 aromatic rings. The Hall–Kier alpha value is -3.26. The van der Waals surface area contributed by atoms with Crippen LogP contribution in [0.25, 0.3) is 5.57 Å². The number of oxime groups is 1. The first-order valence-corrected chi connectivity index (χ1v) is 10.5. The topological polar surface area (TPSA) is 101 Å². The molecule has 1 aliphatic carbocycles. The molecule has 1 fully saturated rings. The molecule has 1 saturated heterocycles. The number of hydrogen-bond donors (Lipinski definition) is 1. The van der Waals surface area contributed by atoms with E-state index >= 15 is 0 Å². The first kappa shape index (κ1) is 21.0. The van der Waals surface area contributed by atoms with E-state index in [1.54, 1.807) is 4.90 Å². The summed E-state index contributed by atoms with van der Waals surface area (Å²) in [5, 5.41) is 17.9. The van der Waals surface area contributed by atoms with Crippen LogP contribution in [-0.4, -0.2) is 45.4 Å². The molecule has 1 N–H and O–H groups in total. The van der Waals surface area contributed by atoms with Gasteiger partial charge in [-0.25, -0.2) is 0 Å². The molecule has 162 valence electrons. The van der Waals surface area contributed by atoms with Gasteiger partial charge in [0, 0.05) is 12.0 Å². The third-order valence-electron chi connectivity index (χ3n) is 5.53. The highest BCUT2D eigenvalue weighted by Crippen LogP contribution is 2.32. The molecule has 1 unspecified atom stereocenters. The molecule has 0 radical (unpaired) electrons. The van der Waals surface area contributed by atoms with E-state index in [9.17, 15) is 9.90 Å². The van der Waals surface area contributed by atoms with Gasteiger partial charge < -0.3 is 19.4 Å². The van der Waals surface area contributed by atoms with Gasteiger partial charge in [-0.05, 0) is 42.5 Å². The monoisotopic (exact) mass is 422 g/mol. The van der Waals surface area contributed by atoms with Crippen molar-refractivity contribution in [2.24, 2.45) is 5.16 Å². The molecule has 31 heavy (non-hydrogen) atoms. The van der Waals surface area contributed by atoms with E-state index in [1.807, 2.05) is 31.2 Å². The Kier molecular flexibility index (Phi) is 6.27. The lowest BCUT2D eigenvalue weighted by molar-refractivity contribution is 0.0713. The van der Waals surface area contributed by atoms with E-state index in [4.69, 9.17) is 9.36 Å². The number of carbonyl (C=O) groups excluding carboxylic acids is 1. The van der Waals surface area contributed by atoms with Crippen LogP contribution in [0.3, 0.4) is 0 Å². The van der Waals surface area contributed by atoms with Crippen molar-refractivity contribution in [2.75, 3.05) is 13.7 Å². The van der Waals surface area contributed by atoms with Crippen molar-refractivity contribution >= 4 is 17.2 Å². The molecule has 1 aromatic heterocycles. The van der Waals surface area contributed by atoms with Gasteiger partial charge in [0.2, 0.25) is 5.89 Å². The summed E-state index contributed by atoms with van der Waals surface area (Å²) in [6, 6.07) is 7.14. The number of hydrogen-bond acceptors (Lipinski definition) is 7. The predicted octanol–water partition coefficient (Wildman–Crippen LogP) is 3.84. The molecule has 0 saturated carbocycles. The van der Waals surface area contributed by atoms with Crippen LogP contribution >= 0.6 is 0 Å². The van der Waals surface area contributed by atoms with Crippen LogP contribution in [0.15, 0.2) is 52.2 Å². The number of aliphatic hydroxyl groups excluding tert-OH is 1. The van der Waals surface area contributed by atoms with Gasteiger partial charge in [-0.3, -0.25) is 4.79 Å². The van der Waals surface area contributed by atoms with Gasteiger partial charge in [0.15, 0.2) is 5.82 Å². The molecule has 1 aromatic carbocycles. The minimum absolute atomic E-state index is 0.151. The van der Waals surface area contributed by atoms with Crippen molar-refractivity contribution in [3.63, 3.8) is 0 Å². The normalized spacial score (nSPS) is 20.7. The van der Waals surface area contributed by atoms with Crippen molar-refractivity contribution < 1.29 is 19.3 Å². The lowest BCUT2D eigenvalue weighted by atomic mass is 9.98. The summed E-state index contributed by atoms with van der Waals surface area (Å²) in [6.07, 6.45) is 8.68. The van der Waals surface area contributed by atoms with Crippen molar-refractivity contribution in [1.29, 1.82) is 0 Å². The predicted molar refractivity (Wildman–Crippen MR) is 115 cm³/mol. The van der Waals surface area contributed by atoms with Crippen LogP contribution in [0, 0.1) is 0 Å². The maximum absolute atomic E-state index is 13.3. The van der Waals surface area contributed by atoms with E-state index in [0.29, 0.717) is 30.7 Å². The molecule has 8 heteroatoms. The third kappa shape index (κ3) is 4.44. The zero-order valence-corrected chi connectivity index (χ0v) is 17.7. The fraction of sp³-hybridized carbons (Fsp3) is 0.391. The smallest absolute Gasteiger partial charge is 0.254 e. The van der Waals surface area contributed by atoms with Gasteiger partial charge in [0.25, 0.3) is 5.91 Å². The third-order valence-corrected chi connectivity index (χ3v) is 5.53. The highest BCUT2D eigenvalue weighted by atomic mass is 16.6. The Bertz CT molecular complexity index is 1020. The molecular weight excluding hydrogens is 396 g/mol. The van der Waals surface area contributed by atoms with Crippen LogP contribution in [-0.2, 0) is 4.84 Å². The number of aliphatic hydroxyl groups is 1. The highest BCUT2D eigenvalue weighted by molar-refractivity contribution is 6.00. The molecule has 0 bridgehead atoms. The van der Waals surface area contributed by atoms with Crippen LogP contribution in [0.1, 0.15) is 72.4 Å². The van der Waals surface area contributed by atoms with Crippen LogP contribution in [0.5, 0.6) is 0 Å². The molecule has 2 heterocycles. The Balaban J connectivity index is 1.58. The Morgan fingerprint density at radius 2 is 2.16 bits per heavy atom. The molecule has 8 nitrogen and oxygen atoms in total. The zero-order valence-electron chi connectivity index (χ0n) is 17.7. The number of carbonyl (C=O) groups is 1. The quantitative estimate of drug-likeness (QED) is 0.710. The van der Waals surface area contributed by atoms with Gasteiger partial charge in [0.05, 0.1) is 12.3 Å². The van der Waals surface area contributed by atoms with Gasteiger partial charge in [-0.15, -0.1) is 0 Å². The van der Waals surface area contributed by atoms with E-state index < -0.39 is 12.1 Å². The summed E-state index contributed by atoms with van der Waals surface area (Å²) >= 11 is 0. The first-order valence-electron chi connectivity index (χ1n) is 10.5. The number of nitrogens with zero attached hydrogens (tertiary/aromatic N) is 4. The maximum Gasteiger partial charge on any atom is 0.254 e. The standard InChI is InChI=1S/C23H26N4O4/c1-3-20(28)21-24-22(31-26-21)19-13-18(25-30-2)14-27(19)23(29)17-11-9-16(10-12-17)15-7-5-4-6-8-15/h5,7-12,19-20,28H,3-4,6,13-14H2,1-2H3/t19-,20?/m0/s1. The molecule has 2 aliphatic rings. The minimum Gasteiger partial charge on any atom is -0.399 e. The molecule has 2 atom stereocenters. The number of amides is 1. The van der Waals surface area contributed by atoms with Gasteiger partial charge in [-0.1, -0.05) is 47.6 Å². The van der Waals surface area contributed by atoms with Crippen LogP contribution < -0.4 is 0 Å².